The van der Waals surface area contributed by atoms with Gasteiger partial charge in [-0.3, -0.25) is 14.8 Å². The third kappa shape index (κ3) is 3.88. The summed E-state index contributed by atoms with van der Waals surface area (Å²) in [5.74, 6) is 0.0553. The number of likely N-dealkylation sites (tertiary alicyclic amines) is 2. The highest BCUT2D eigenvalue weighted by Gasteiger charge is 2.36. The Morgan fingerprint density at radius 1 is 1.16 bits per heavy atom. The van der Waals surface area contributed by atoms with E-state index in [-0.39, 0.29) is 12.0 Å². The van der Waals surface area contributed by atoms with Crippen molar-refractivity contribution in [2.24, 2.45) is 0 Å². The number of ether oxygens (including phenoxy) is 1. The zero-order valence-corrected chi connectivity index (χ0v) is 14.9. The molecule has 3 saturated heterocycles. The lowest BCUT2D eigenvalue weighted by Crippen LogP contribution is -2.53. The van der Waals surface area contributed by atoms with E-state index in [1.54, 1.807) is 12.3 Å². The molecule has 4 heterocycles. The summed E-state index contributed by atoms with van der Waals surface area (Å²) in [4.78, 5) is 19.7. The van der Waals surface area contributed by atoms with E-state index in [0.29, 0.717) is 11.7 Å². The van der Waals surface area contributed by atoms with Crippen molar-refractivity contribution >= 4 is 5.91 Å². The maximum absolute atomic E-state index is 12.6. The van der Waals surface area contributed by atoms with Gasteiger partial charge in [0.05, 0.1) is 12.7 Å². The molecule has 1 aromatic rings. The lowest BCUT2D eigenvalue weighted by molar-refractivity contribution is -0.0727. The van der Waals surface area contributed by atoms with E-state index in [2.05, 4.69) is 20.0 Å². The molecule has 25 heavy (non-hydrogen) atoms. The maximum Gasteiger partial charge on any atom is 0.271 e. The minimum atomic E-state index is 0.0553. The van der Waals surface area contributed by atoms with Gasteiger partial charge in [0.2, 0.25) is 0 Å². The number of carbonyl (C=O) groups is 1. The summed E-state index contributed by atoms with van der Waals surface area (Å²) in [7, 11) is 0. The molecule has 0 aromatic carbocycles. The summed E-state index contributed by atoms with van der Waals surface area (Å²) in [6.45, 7) is 8.19. The number of fused-ring (bicyclic) bond motifs is 1. The third-order valence-corrected chi connectivity index (χ3v) is 5.91. The van der Waals surface area contributed by atoms with Crippen molar-refractivity contribution in [1.29, 1.82) is 0 Å². The summed E-state index contributed by atoms with van der Waals surface area (Å²) in [5, 5.41) is 6.69. The molecule has 1 amide bonds. The SMILES string of the molecule is O=C(c1ccn[nH]1)N1CC[C@@H]2OCCN(CCN3CCCC3)[C@@H]2CC1. The summed E-state index contributed by atoms with van der Waals surface area (Å²) in [6, 6.07) is 2.19. The van der Waals surface area contributed by atoms with Gasteiger partial charge in [0.25, 0.3) is 5.91 Å². The van der Waals surface area contributed by atoms with Crippen LogP contribution < -0.4 is 0 Å². The van der Waals surface area contributed by atoms with Crippen LogP contribution in [0.2, 0.25) is 0 Å². The van der Waals surface area contributed by atoms with E-state index >= 15 is 0 Å². The predicted molar refractivity (Wildman–Crippen MR) is 94.5 cm³/mol. The first kappa shape index (κ1) is 17.0. The summed E-state index contributed by atoms with van der Waals surface area (Å²) >= 11 is 0. The number of carbonyl (C=O) groups excluding carboxylic acids is 1. The molecule has 0 radical (unpaired) electrons. The molecule has 1 N–H and O–H groups in total. The predicted octanol–water partition coefficient (Wildman–Crippen LogP) is 0.811. The van der Waals surface area contributed by atoms with Gasteiger partial charge in [-0.05, 0) is 44.8 Å². The highest BCUT2D eigenvalue weighted by atomic mass is 16.5. The third-order valence-electron chi connectivity index (χ3n) is 5.91. The van der Waals surface area contributed by atoms with Crippen LogP contribution in [0.5, 0.6) is 0 Å². The molecule has 2 atom stereocenters. The van der Waals surface area contributed by atoms with Crippen LogP contribution >= 0.6 is 0 Å². The van der Waals surface area contributed by atoms with Gasteiger partial charge in [-0.1, -0.05) is 0 Å². The van der Waals surface area contributed by atoms with Gasteiger partial charge in [0.1, 0.15) is 5.69 Å². The molecule has 3 aliphatic heterocycles. The van der Waals surface area contributed by atoms with Gasteiger partial charge in [0.15, 0.2) is 0 Å². The Kier molecular flexibility index (Phi) is 5.33. The number of aromatic nitrogens is 2. The van der Waals surface area contributed by atoms with Crippen LogP contribution in [0.3, 0.4) is 0 Å². The van der Waals surface area contributed by atoms with Gasteiger partial charge < -0.3 is 14.5 Å². The van der Waals surface area contributed by atoms with Crippen molar-refractivity contribution in [3.05, 3.63) is 18.0 Å². The van der Waals surface area contributed by atoms with E-state index in [9.17, 15) is 4.79 Å². The van der Waals surface area contributed by atoms with Crippen LogP contribution in [0.4, 0.5) is 0 Å². The second-order valence-corrected chi connectivity index (χ2v) is 7.40. The first-order chi connectivity index (χ1) is 12.3. The van der Waals surface area contributed by atoms with Crippen LogP contribution in [0.1, 0.15) is 36.2 Å². The topological polar surface area (TPSA) is 64.7 Å². The Hall–Kier alpha value is -1.44. The quantitative estimate of drug-likeness (QED) is 0.873. The van der Waals surface area contributed by atoms with Crippen molar-refractivity contribution in [1.82, 2.24) is 24.9 Å². The van der Waals surface area contributed by atoms with Crippen molar-refractivity contribution in [3.63, 3.8) is 0 Å². The highest BCUT2D eigenvalue weighted by Crippen LogP contribution is 2.24. The number of hydrogen-bond acceptors (Lipinski definition) is 5. The molecule has 1 aromatic heterocycles. The molecule has 138 valence electrons. The fraction of sp³-hybridized carbons (Fsp3) is 0.778. The summed E-state index contributed by atoms with van der Waals surface area (Å²) in [6.07, 6.45) is 6.50. The average Bonchev–Trinajstić information content (AvgIpc) is 3.30. The van der Waals surface area contributed by atoms with Crippen LogP contribution in [-0.2, 0) is 4.74 Å². The zero-order valence-electron chi connectivity index (χ0n) is 14.9. The molecule has 0 aliphatic carbocycles. The van der Waals surface area contributed by atoms with E-state index < -0.39 is 0 Å². The van der Waals surface area contributed by atoms with Crippen molar-refractivity contribution in [3.8, 4) is 0 Å². The van der Waals surface area contributed by atoms with E-state index in [1.165, 1.54) is 32.5 Å². The Labute approximate surface area is 149 Å². The monoisotopic (exact) mass is 347 g/mol. The average molecular weight is 347 g/mol. The summed E-state index contributed by atoms with van der Waals surface area (Å²) < 4.78 is 6.07. The molecular weight excluding hydrogens is 318 g/mol. The first-order valence-electron chi connectivity index (χ1n) is 9.68. The second kappa shape index (κ2) is 7.85. The van der Waals surface area contributed by atoms with Crippen LogP contribution in [-0.4, -0.2) is 95.4 Å². The molecule has 0 saturated carbocycles. The molecule has 4 rings (SSSR count). The van der Waals surface area contributed by atoms with Crippen LogP contribution in [0.25, 0.3) is 0 Å². The number of aromatic amines is 1. The molecule has 0 bridgehead atoms. The Bertz CT molecular complexity index is 558. The molecule has 3 aliphatic rings. The number of nitrogens with zero attached hydrogens (tertiary/aromatic N) is 4. The smallest absolute Gasteiger partial charge is 0.271 e. The van der Waals surface area contributed by atoms with E-state index in [0.717, 1.165) is 45.6 Å². The molecule has 0 unspecified atom stereocenters. The lowest BCUT2D eigenvalue weighted by atomic mass is 10.0. The number of nitrogens with one attached hydrogen (secondary N) is 1. The molecular formula is C18H29N5O2. The van der Waals surface area contributed by atoms with Crippen molar-refractivity contribution in [2.45, 2.75) is 37.8 Å². The fourth-order valence-electron chi connectivity index (χ4n) is 4.46. The number of hydrogen-bond donors (Lipinski definition) is 1. The lowest BCUT2D eigenvalue weighted by Gasteiger charge is -2.41. The number of rotatable bonds is 4. The Balaban J connectivity index is 1.36. The number of morpholine rings is 1. The van der Waals surface area contributed by atoms with E-state index in [1.807, 2.05) is 4.90 Å². The maximum atomic E-state index is 12.6. The first-order valence-corrected chi connectivity index (χ1v) is 9.68. The normalized spacial score (nSPS) is 28.7. The fourth-order valence-corrected chi connectivity index (χ4v) is 4.46. The van der Waals surface area contributed by atoms with Crippen molar-refractivity contribution < 1.29 is 9.53 Å². The van der Waals surface area contributed by atoms with Gasteiger partial charge in [0, 0.05) is 45.0 Å². The summed E-state index contributed by atoms with van der Waals surface area (Å²) in [5.41, 5.74) is 0.580. The van der Waals surface area contributed by atoms with Gasteiger partial charge in [-0.2, -0.15) is 5.10 Å². The minimum absolute atomic E-state index is 0.0553. The number of H-pyrrole nitrogens is 1. The molecule has 7 nitrogen and oxygen atoms in total. The van der Waals surface area contributed by atoms with Gasteiger partial charge in [-0.25, -0.2) is 0 Å². The second-order valence-electron chi connectivity index (χ2n) is 7.40. The minimum Gasteiger partial charge on any atom is -0.375 e. The van der Waals surface area contributed by atoms with Crippen molar-refractivity contribution in [2.75, 3.05) is 52.4 Å². The van der Waals surface area contributed by atoms with Gasteiger partial charge >= 0.3 is 0 Å². The largest absolute Gasteiger partial charge is 0.375 e. The Morgan fingerprint density at radius 2 is 2.00 bits per heavy atom. The Morgan fingerprint density at radius 3 is 2.80 bits per heavy atom. The molecule has 3 fully saturated rings. The highest BCUT2D eigenvalue weighted by molar-refractivity contribution is 5.92. The zero-order chi connectivity index (χ0) is 17.1. The molecule has 0 spiro atoms. The standard InChI is InChI=1S/C18H29N5O2/c24-18(15-3-6-19-20-15)23-9-4-16-17(5-10-23)25-14-13-22(16)12-11-21-7-1-2-8-21/h3,6,16-17H,1-2,4-5,7-14H2,(H,19,20)/t16-,17+/m1/s1. The van der Waals surface area contributed by atoms with E-state index in [4.69, 9.17) is 4.74 Å². The van der Waals surface area contributed by atoms with Gasteiger partial charge in [-0.15, -0.1) is 0 Å². The molecule has 7 heteroatoms. The van der Waals surface area contributed by atoms with Crippen LogP contribution in [0, 0.1) is 0 Å². The number of amides is 1. The van der Waals surface area contributed by atoms with Crippen LogP contribution in [0.15, 0.2) is 12.3 Å².